The van der Waals surface area contributed by atoms with Crippen molar-refractivity contribution in [2.45, 2.75) is 44.2 Å². The van der Waals surface area contributed by atoms with E-state index in [9.17, 15) is 4.79 Å². The van der Waals surface area contributed by atoms with Crippen LogP contribution in [0, 0.1) is 0 Å². The molecule has 2 aliphatic rings. The average Bonchev–Trinajstić information content (AvgIpc) is 3.13. The minimum absolute atomic E-state index is 0.366. The molecule has 1 atom stereocenters. The molecule has 2 aliphatic carbocycles. The van der Waals surface area contributed by atoms with Crippen LogP contribution in [0.3, 0.4) is 0 Å². The van der Waals surface area contributed by atoms with Crippen molar-refractivity contribution in [3.8, 4) is 0 Å². The van der Waals surface area contributed by atoms with Crippen LogP contribution in [0.15, 0.2) is 18.2 Å². The van der Waals surface area contributed by atoms with Gasteiger partial charge < -0.3 is 10.4 Å². The van der Waals surface area contributed by atoms with Crippen LogP contribution in [-0.4, -0.2) is 17.1 Å². The molecule has 0 spiro atoms. The summed E-state index contributed by atoms with van der Waals surface area (Å²) >= 11 is 0. The Morgan fingerprint density at radius 3 is 2.82 bits per heavy atom. The standard InChI is InChI=1S/C14H17NO2/c16-14(17)10-5-4-9-2-1-3-13(12(9)8-10)15-11-6-7-11/h4-5,8,11,13,15H,1-3,6-7H2,(H,16,17). The van der Waals surface area contributed by atoms with E-state index in [4.69, 9.17) is 5.11 Å². The van der Waals surface area contributed by atoms with Gasteiger partial charge >= 0.3 is 5.97 Å². The molecule has 2 N–H and O–H groups in total. The number of nitrogens with one attached hydrogen (secondary N) is 1. The van der Waals surface area contributed by atoms with Crippen LogP contribution in [-0.2, 0) is 6.42 Å². The summed E-state index contributed by atoms with van der Waals surface area (Å²) in [6.45, 7) is 0. The van der Waals surface area contributed by atoms with Crippen LogP contribution in [0.2, 0.25) is 0 Å². The van der Waals surface area contributed by atoms with Crippen molar-refractivity contribution in [3.05, 3.63) is 34.9 Å². The monoisotopic (exact) mass is 231 g/mol. The number of rotatable bonds is 3. The van der Waals surface area contributed by atoms with Gasteiger partial charge in [-0.05, 0) is 55.4 Å². The second-order valence-electron chi connectivity index (χ2n) is 5.10. The Morgan fingerprint density at radius 1 is 1.29 bits per heavy atom. The molecule has 1 saturated carbocycles. The molecule has 17 heavy (non-hydrogen) atoms. The summed E-state index contributed by atoms with van der Waals surface area (Å²) in [6.07, 6.45) is 5.95. The van der Waals surface area contributed by atoms with Gasteiger partial charge in [-0.2, -0.15) is 0 Å². The Hall–Kier alpha value is -1.35. The summed E-state index contributed by atoms with van der Waals surface area (Å²) < 4.78 is 0. The zero-order valence-electron chi connectivity index (χ0n) is 9.78. The van der Waals surface area contributed by atoms with Gasteiger partial charge in [-0.15, -0.1) is 0 Å². The predicted molar refractivity (Wildman–Crippen MR) is 65.2 cm³/mol. The van der Waals surface area contributed by atoms with Crippen molar-refractivity contribution in [2.24, 2.45) is 0 Å². The van der Waals surface area contributed by atoms with Gasteiger partial charge in [-0.3, -0.25) is 0 Å². The van der Waals surface area contributed by atoms with E-state index in [1.165, 1.54) is 30.4 Å². The molecule has 3 heteroatoms. The van der Waals surface area contributed by atoms with Crippen molar-refractivity contribution < 1.29 is 9.90 Å². The highest BCUT2D eigenvalue weighted by molar-refractivity contribution is 5.88. The van der Waals surface area contributed by atoms with Crippen LogP contribution in [0.25, 0.3) is 0 Å². The maximum atomic E-state index is 11.0. The normalized spacial score (nSPS) is 23.2. The van der Waals surface area contributed by atoms with Gasteiger partial charge in [0.05, 0.1) is 5.56 Å². The number of carbonyl (C=O) groups is 1. The van der Waals surface area contributed by atoms with Crippen LogP contribution in [0.5, 0.6) is 0 Å². The van der Waals surface area contributed by atoms with Crippen LogP contribution >= 0.6 is 0 Å². The number of benzene rings is 1. The number of aryl methyl sites for hydroxylation is 1. The molecule has 3 rings (SSSR count). The van der Waals surface area contributed by atoms with Gasteiger partial charge in [0.1, 0.15) is 0 Å². The first-order chi connectivity index (χ1) is 8.24. The summed E-state index contributed by atoms with van der Waals surface area (Å²) in [5, 5.41) is 12.7. The van der Waals surface area contributed by atoms with E-state index in [-0.39, 0.29) is 0 Å². The number of hydrogen-bond acceptors (Lipinski definition) is 2. The first-order valence-corrected chi connectivity index (χ1v) is 6.36. The lowest BCUT2D eigenvalue weighted by Crippen LogP contribution is -2.27. The third kappa shape index (κ3) is 2.20. The molecule has 0 amide bonds. The highest BCUT2D eigenvalue weighted by Crippen LogP contribution is 2.33. The molecule has 0 heterocycles. The van der Waals surface area contributed by atoms with Crippen molar-refractivity contribution in [2.75, 3.05) is 0 Å². The zero-order chi connectivity index (χ0) is 11.8. The summed E-state index contributed by atoms with van der Waals surface area (Å²) in [7, 11) is 0. The summed E-state index contributed by atoms with van der Waals surface area (Å²) in [5.74, 6) is -0.830. The van der Waals surface area contributed by atoms with Gasteiger partial charge in [-0.1, -0.05) is 6.07 Å². The SMILES string of the molecule is O=C(O)c1ccc2c(c1)C(NC1CC1)CCC2. The Morgan fingerprint density at radius 2 is 2.12 bits per heavy atom. The van der Waals surface area contributed by atoms with E-state index in [1.807, 2.05) is 12.1 Å². The largest absolute Gasteiger partial charge is 0.478 e. The van der Waals surface area contributed by atoms with E-state index in [0.717, 1.165) is 12.8 Å². The minimum Gasteiger partial charge on any atom is -0.478 e. The first kappa shape index (κ1) is 10.8. The molecule has 1 aromatic carbocycles. The third-order valence-electron chi connectivity index (χ3n) is 3.72. The smallest absolute Gasteiger partial charge is 0.335 e. The van der Waals surface area contributed by atoms with E-state index in [0.29, 0.717) is 17.6 Å². The number of carboxylic acids is 1. The fraction of sp³-hybridized carbons (Fsp3) is 0.500. The fourth-order valence-corrected chi connectivity index (χ4v) is 2.64. The molecule has 1 aromatic rings. The molecule has 0 bridgehead atoms. The maximum Gasteiger partial charge on any atom is 0.335 e. The number of fused-ring (bicyclic) bond motifs is 1. The number of carboxylic acid groups (broad SMARTS) is 1. The lowest BCUT2D eigenvalue weighted by molar-refractivity contribution is 0.0696. The Kier molecular flexibility index (Phi) is 2.63. The van der Waals surface area contributed by atoms with E-state index >= 15 is 0 Å². The molecule has 3 nitrogen and oxygen atoms in total. The molecular formula is C14H17NO2. The highest BCUT2D eigenvalue weighted by Gasteiger charge is 2.28. The second kappa shape index (κ2) is 4.15. The van der Waals surface area contributed by atoms with Crippen LogP contribution in [0.1, 0.15) is 53.2 Å². The van der Waals surface area contributed by atoms with E-state index < -0.39 is 5.97 Å². The van der Waals surface area contributed by atoms with Crippen molar-refractivity contribution in [1.82, 2.24) is 5.32 Å². The molecule has 0 radical (unpaired) electrons. The van der Waals surface area contributed by atoms with Gasteiger partial charge in [0, 0.05) is 12.1 Å². The van der Waals surface area contributed by atoms with Crippen molar-refractivity contribution in [1.29, 1.82) is 0 Å². The third-order valence-corrected chi connectivity index (χ3v) is 3.72. The van der Waals surface area contributed by atoms with Crippen LogP contribution in [0.4, 0.5) is 0 Å². The van der Waals surface area contributed by atoms with Crippen molar-refractivity contribution >= 4 is 5.97 Å². The summed E-state index contributed by atoms with van der Waals surface area (Å²) in [5.41, 5.74) is 2.94. The lowest BCUT2D eigenvalue weighted by atomic mass is 9.86. The lowest BCUT2D eigenvalue weighted by Gasteiger charge is -2.27. The second-order valence-corrected chi connectivity index (χ2v) is 5.10. The molecule has 1 fully saturated rings. The molecule has 1 unspecified atom stereocenters. The minimum atomic E-state index is -0.830. The van der Waals surface area contributed by atoms with E-state index in [2.05, 4.69) is 5.32 Å². The first-order valence-electron chi connectivity index (χ1n) is 6.36. The summed E-state index contributed by atoms with van der Waals surface area (Å²) in [6, 6.07) is 6.60. The van der Waals surface area contributed by atoms with Gasteiger partial charge in [0.25, 0.3) is 0 Å². The highest BCUT2D eigenvalue weighted by atomic mass is 16.4. The zero-order valence-corrected chi connectivity index (χ0v) is 9.78. The molecule has 0 saturated heterocycles. The molecule has 0 aliphatic heterocycles. The Labute approximate surface area is 101 Å². The van der Waals surface area contributed by atoms with Gasteiger partial charge in [0.2, 0.25) is 0 Å². The molecule has 0 aromatic heterocycles. The number of aromatic carboxylic acids is 1. The Balaban J connectivity index is 1.92. The fourth-order valence-electron chi connectivity index (χ4n) is 2.64. The molecule has 90 valence electrons. The molecular weight excluding hydrogens is 214 g/mol. The van der Waals surface area contributed by atoms with Crippen molar-refractivity contribution in [3.63, 3.8) is 0 Å². The van der Waals surface area contributed by atoms with Gasteiger partial charge in [0.15, 0.2) is 0 Å². The van der Waals surface area contributed by atoms with Gasteiger partial charge in [-0.25, -0.2) is 4.79 Å². The predicted octanol–water partition coefficient (Wildman–Crippen LogP) is 2.51. The van der Waals surface area contributed by atoms with Crippen LogP contribution < -0.4 is 5.32 Å². The Bertz CT molecular complexity index is 452. The van der Waals surface area contributed by atoms with E-state index in [1.54, 1.807) is 6.07 Å². The maximum absolute atomic E-state index is 11.0. The number of hydrogen-bond donors (Lipinski definition) is 2. The average molecular weight is 231 g/mol. The quantitative estimate of drug-likeness (QED) is 0.840. The summed E-state index contributed by atoms with van der Waals surface area (Å²) in [4.78, 5) is 11.0. The topological polar surface area (TPSA) is 49.3 Å².